The van der Waals surface area contributed by atoms with Crippen LogP contribution < -0.4 is 15.4 Å². The van der Waals surface area contributed by atoms with E-state index < -0.39 is 41.4 Å². The van der Waals surface area contributed by atoms with Crippen molar-refractivity contribution in [1.82, 2.24) is 10.3 Å². The number of ether oxygens (including phenoxy) is 1. The lowest BCUT2D eigenvalue weighted by atomic mass is 9.80. The van der Waals surface area contributed by atoms with E-state index >= 15 is 0 Å². The summed E-state index contributed by atoms with van der Waals surface area (Å²) in [5, 5.41) is 14.7. The zero-order valence-electron chi connectivity index (χ0n) is 19.6. The molecule has 196 valence electrons. The zero-order chi connectivity index (χ0) is 26.7. The molecule has 12 heteroatoms. The Kier molecular flexibility index (Phi) is 8.33. The maximum atomic E-state index is 15.0. The molecule has 1 aromatic heterocycles. The van der Waals surface area contributed by atoms with Crippen LogP contribution in [0.5, 0.6) is 5.75 Å². The summed E-state index contributed by atoms with van der Waals surface area (Å²) < 4.78 is 59.4. The summed E-state index contributed by atoms with van der Waals surface area (Å²) in [5.74, 6) is -1.91. The van der Waals surface area contributed by atoms with Crippen LogP contribution in [0, 0.1) is 5.92 Å². The van der Waals surface area contributed by atoms with Crippen LogP contribution in [0.2, 0.25) is 5.02 Å². The van der Waals surface area contributed by atoms with E-state index in [4.69, 9.17) is 21.4 Å². The molecule has 0 radical (unpaired) electrons. The highest BCUT2D eigenvalue weighted by Crippen LogP contribution is 2.36. The Labute approximate surface area is 210 Å². The molecule has 36 heavy (non-hydrogen) atoms. The number of aromatic nitrogens is 1. The van der Waals surface area contributed by atoms with Crippen LogP contribution in [0.25, 0.3) is 0 Å². The van der Waals surface area contributed by atoms with Crippen molar-refractivity contribution in [2.24, 2.45) is 5.92 Å². The maximum Gasteiger partial charge on any atom is 0.433 e. The fraction of sp³-hybridized carbons (Fsp3) is 0.458. The lowest BCUT2D eigenvalue weighted by Gasteiger charge is -2.32. The van der Waals surface area contributed by atoms with Gasteiger partial charge in [0.25, 0.3) is 5.91 Å². The monoisotopic (exact) mass is 531 g/mol. The number of nitrogens with one attached hydrogen (secondary N) is 2. The molecule has 3 rings (SSSR count). The first kappa shape index (κ1) is 27.5. The van der Waals surface area contributed by atoms with Gasteiger partial charge in [-0.05, 0) is 56.9 Å². The molecule has 1 amide bonds. The molecule has 0 saturated heterocycles. The highest BCUT2D eigenvalue weighted by molar-refractivity contribution is 6.33. The molecule has 0 unspecified atom stereocenters. The normalized spacial score (nSPS) is 20.9. The van der Waals surface area contributed by atoms with E-state index in [9.17, 15) is 27.2 Å². The number of carboxylic acids is 1. The molecule has 0 bridgehead atoms. The van der Waals surface area contributed by atoms with Gasteiger partial charge in [-0.15, -0.1) is 0 Å². The van der Waals surface area contributed by atoms with E-state index in [1.807, 2.05) is 0 Å². The largest absolute Gasteiger partial charge is 0.495 e. The van der Waals surface area contributed by atoms with Crippen LogP contribution in [0.1, 0.15) is 60.3 Å². The van der Waals surface area contributed by atoms with Crippen LogP contribution in [-0.2, 0) is 11.0 Å². The van der Waals surface area contributed by atoms with E-state index in [0.29, 0.717) is 5.69 Å². The highest BCUT2D eigenvalue weighted by Gasteiger charge is 2.38. The molecule has 7 nitrogen and oxygen atoms in total. The van der Waals surface area contributed by atoms with E-state index in [2.05, 4.69) is 15.6 Å². The van der Waals surface area contributed by atoms with E-state index in [1.165, 1.54) is 25.3 Å². The van der Waals surface area contributed by atoms with Crippen molar-refractivity contribution in [3.05, 3.63) is 52.3 Å². The Morgan fingerprint density at radius 3 is 2.50 bits per heavy atom. The molecule has 1 aliphatic carbocycles. The van der Waals surface area contributed by atoms with Gasteiger partial charge in [-0.3, -0.25) is 9.59 Å². The first-order valence-corrected chi connectivity index (χ1v) is 11.6. The Balaban J connectivity index is 1.66. The summed E-state index contributed by atoms with van der Waals surface area (Å²) in [7, 11) is 1.32. The number of carboxylic acid groups (broad SMARTS) is 1. The number of carbonyl (C=O) groups excluding carboxylic acids is 1. The van der Waals surface area contributed by atoms with Crippen molar-refractivity contribution < 1.29 is 37.0 Å². The number of halogens is 5. The molecule has 0 spiro atoms. The van der Waals surface area contributed by atoms with Crippen LogP contribution >= 0.6 is 11.6 Å². The topological polar surface area (TPSA) is 101 Å². The van der Waals surface area contributed by atoms with Crippen molar-refractivity contribution in [1.29, 1.82) is 0 Å². The molecular formula is C24H26ClF4N3O4. The number of rotatable bonds is 8. The Morgan fingerprint density at radius 1 is 1.28 bits per heavy atom. The van der Waals surface area contributed by atoms with Crippen molar-refractivity contribution in [3.63, 3.8) is 0 Å². The summed E-state index contributed by atoms with van der Waals surface area (Å²) in [6.07, 6.45) is -3.13. The minimum absolute atomic E-state index is 0.0419. The molecule has 1 atom stereocenters. The number of alkyl halides is 4. The van der Waals surface area contributed by atoms with Gasteiger partial charge in [0.2, 0.25) is 0 Å². The number of hydrogen-bond donors (Lipinski definition) is 3. The summed E-state index contributed by atoms with van der Waals surface area (Å²) in [4.78, 5) is 27.0. The minimum Gasteiger partial charge on any atom is -0.495 e. The van der Waals surface area contributed by atoms with E-state index in [-0.39, 0.29) is 54.1 Å². The lowest BCUT2D eigenvalue weighted by molar-refractivity contribution is -0.144. The number of benzene rings is 1. The van der Waals surface area contributed by atoms with E-state index in [0.717, 1.165) is 12.3 Å². The number of amides is 1. The number of pyridine rings is 1. The number of methoxy groups -OCH3 is 1. The Morgan fingerprint density at radius 2 is 1.94 bits per heavy atom. The number of anilines is 1. The zero-order valence-corrected chi connectivity index (χ0v) is 20.3. The van der Waals surface area contributed by atoms with Crippen LogP contribution in [0.3, 0.4) is 0 Å². The van der Waals surface area contributed by atoms with Gasteiger partial charge >= 0.3 is 12.1 Å². The van der Waals surface area contributed by atoms with Gasteiger partial charge < -0.3 is 20.5 Å². The van der Waals surface area contributed by atoms with Crippen molar-refractivity contribution in [2.75, 3.05) is 19.0 Å². The van der Waals surface area contributed by atoms with Crippen LogP contribution in [-0.4, -0.2) is 41.3 Å². The van der Waals surface area contributed by atoms with Crippen LogP contribution in [0.15, 0.2) is 30.5 Å². The van der Waals surface area contributed by atoms with Crippen molar-refractivity contribution >= 4 is 29.2 Å². The lowest BCUT2D eigenvalue weighted by Crippen LogP contribution is -2.43. The van der Waals surface area contributed by atoms with Crippen molar-refractivity contribution in [3.8, 4) is 5.75 Å². The van der Waals surface area contributed by atoms with Gasteiger partial charge in [0, 0.05) is 11.1 Å². The Bertz CT molecular complexity index is 1120. The molecular weight excluding hydrogens is 506 g/mol. The first-order valence-electron chi connectivity index (χ1n) is 11.2. The highest BCUT2D eigenvalue weighted by atomic mass is 35.5. The smallest absolute Gasteiger partial charge is 0.433 e. The minimum atomic E-state index is -4.62. The quantitative estimate of drug-likeness (QED) is 0.381. The molecule has 1 aromatic carbocycles. The fourth-order valence-electron chi connectivity index (χ4n) is 4.11. The summed E-state index contributed by atoms with van der Waals surface area (Å²) in [5.41, 5.74) is -2.00. The SMILES string of the molecule is COc1cnc(C(F)(F)F)cc1[C@H](C)Nc1ccc(C(=O)NCC2(F)CCC(C(=O)O)CC2)cc1Cl. The van der Waals surface area contributed by atoms with Crippen LogP contribution in [0.4, 0.5) is 23.2 Å². The van der Waals surface area contributed by atoms with Gasteiger partial charge in [-0.25, -0.2) is 9.37 Å². The van der Waals surface area contributed by atoms with Gasteiger partial charge in [-0.2, -0.15) is 13.2 Å². The third kappa shape index (κ3) is 6.57. The molecule has 1 fully saturated rings. The number of carbonyl (C=O) groups is 2. The van der Waals surface area contributed by atoms with E-state index in [1.54, 1.807) is 6.92 Å². The summed E-state index contributed by atoms with van der Waals surface area (Å²) >= 11 is 6.31. The second kappa shape index (κ2) is 10.9. The summed E-state index contributed by atoms with van der Waals surface area (Å²) in [6, 6.07) is 4.54. The van der Waals surface area contributed by atoms with Crippen molar-refractivity contribution in [2.45, 2.75) is 50.5 Å². The average molecular weight is 532 g/mol. The number of hydrogen-bond acceptors (Lipinski definition) is 5. The molecule has 2 aromatic rings. The predicted octanol–water partition coefficient (Wildman–Crippen LogP) is 5.65. The molecule has 1 saturated carbocycles. The number of aliphatic carboxylic acids is 1. The second-order valence-electron chi connectivity index (χ2n) is 8.82. The standard InChI is InChI=1S/C24H26ClF4N3O4/c1-13(16-10-20(24(27,28)29)30-11-19(16)36-2)32-18-4-3-15(9-17(18)25)21(33)31-12-23(26)7-5-14(6-8-23)22(34)35/h3-4,9-11,13-14,32H,5-8,12H2,1-2H3,(H,31,33)(H,34,35)/t13-,14?,23?/m0/s1. The third-order valence-electron chi connectivity index (χ3n) is 6.27. The first-order chi connectivity index (χ1) is 16.8. The second-order valence-corrected chi connectivity index (χ2v) is 9.22. The molecule has 1 aliphatic rings. The van der Waals surface area contributed by atoms with Gasteiger partial charge in [0.05, 0.1) is 42.5 Å². The van der Waals surface area contributed by atoms with Gasteiger partial charge in [0.1, 0.15) is 17.1 Å². The Hall–Kier alpha value is -3.08. The molecule has 0 aliphatic heterocycles. The van der Waals surface area contributed by atoms with Gasteiger partial charge in [0.15, 0.2) is 0 Å². The predicted molar refractivity (Wildman–Crippen MR) is 125 cm³/mol. The molecule has 3 N–H and O–H groups in total. The third-order valence-corrected chi connectivity index (χ3v) is 6.59. The molecule has 1 heterocycles. The number of nitrogens with zero attached hydrogens (tertiary/aromatic N) is 1. The average Bonchev–Trinajstić information content (AvgIpc) is 2.83. The maximum absolute atomic E-state index is 15.0. The van der Waals surface area contributed by atoms with Gasteiger partial charge in [-0.1, -0.05) is 11.6 Å². The fourth-order valence-corrected chi connectivity index (χ4v) is 4.34. The summed E-state index contributed by atoms with van der Waals surface area (Å²) in [6.45, 7) is 1.37.